The van der Waals surface area contributed by atoms with Gasteiger partial charge in [-0.3, -0.25) is 4.90 Å². The quantitative estimate of drug-likeness (QED) is 0.703. The van der Waals surface area contributed by atoms with Crippen LogP contribution in [-0.2, 0) is 6.54 Å². The Morgan fingerprint density at radius 3 is 2.79 bits per heavy atom. The molecule has 2 aromatic carbocycles. The van der Waals surface area contributed by atoms with E-state index in [0.29, 0.717) is 0 Å². The number of halogens is 1. The summed E-state index contributed by atoms with van der Waals surface area (Å²) in [5.41, 5.74) is 9.70. The second kappa shape index (κ2) is 8.57. The average Bonchev–Trinajstić information content (AvgIpc) is 2.74. The number of nitrogens with two attached hydrogens (primary N) is 1. The SMILES string of the molecule is COc1ccc(CN2CCC[C@H](c3nc(N)ncc3-c3cccc(F)c3)C2)cc1. The van der Waals surface area contributed by atoms with Gasteiger partial charge >= 0.3 is 0 Å². The molecule has 4 rings (SSSR count). The van der Waals surface area contributed by atoms with Crippen LogP contribution in [0, 0.1) is 5.82 Å². The number of methoxy groups -OCH3 is 1. The normalized spacial score (nSPS) is 17.2. The Morgan fingerprint density at radius 2 is 2.03 bits per heavy atom. The third kappa shape index (κ3) is 4.54. The molecule has 6 heteroatoms. The number of likely N-dealkylation sites (tertiary alicyclic amines) is 1. The van der Waals surface area contributed by atoms with Crippen molar-refractivity contribution in [2.24, 2.45) is 0 Å². The Labute approximate surface area is 170 Å². The van der Waals surface area contributed by atoms with Crippen molar-refractivity contribution < 1.29 is 9.13 Å². The Kier molecular flexibility index (Phi) is 5.71. The summed E-state index contributed by atoms with van der Waals surface area (Å²) in [7, 11) is 1.67. The minimum atomic E-state index is -0.268. The monoisotopic (exact) mass is 392 g/mol. The van der Waals surface area contributed by atoms with Crippen LogP contribution in [0.5, 0.6) is 5.75 Å². The summed E-state index contributed by atoms with van der Waals surface area (Å²) in [5.74, 6) is 1.08. The standard InChI is InChI=1S/C23H25FN4O/c1-29-20-9-7-16(8-10-20)14-28-11-3-5-18(15-28)22-21(13-26-23(25)27-22)17-4-2-6-19(24)12-17/h2,4,6-10,12-13,18H,3,5,11,14-15H2,1H3,(H2,25,26,27)/t18-/m0/s1. The third-order valence-corrected chi connectivity index (χ3v) is 5.43. The molecule has 2 N–H and O–H groups in total. The molecule has 5 nitrogen and oxygen atoms in total. The lowest BCUT2D eigenvalue weighted by atomic mass is 9.89. The molecule has 1 aromatic heterocycles. The lowest BCUT2D eigenvalue weighted by Crippen LogP contribution is -2.34. The number of hydrogen-bond acceptors (Lipinski definition) is 5. The van der Waals surface area contributed by atoms with Gasteiger partial charge in [-0.15, -0.1) is 0 Å². The molecule has 0 radical (unpaired) electrons. The summed E-state index contributed by atoms with van der Waals surface area (Å²) >= 11 is 0. The molecular formula is C23H25FN4O. The van der Waals surface area contributed by atoms with Gasteiger partial charge in [-0.25, -0.2) is 14.4 Å². The minimum absolute atomic E-state index is 0.227. The van der Waals surface area contributed by atoms with Crippen LogP contribution in [0.1, 0.15) is 30.0 Å². The summed E-state index contributed by atoms with van der Waals surface area (Å²) in [6, 6.07) is 14.7. The molecular weight excluding hydrogens is 367 g/mol. The van der Waals surface area contributed by atoms with E-state index in [-0.39, 0.29) is 17.7 Å². The Hall–Kier alpha value is -2.99. The summed E-state index contributed by atoms with van der Waals surface area (Å²) in [6.45, 7) is 2.79. The van der Waals surface area contributed by atoms with Crippen LogP contribution in [0.25, 0.3) is 11.1 Å². The highest BCUT2D eigenvalue weighted by molar-refractivity contribution is 5.66. The fraction of sp³-hybridized carbons (Fsp3) is 0.304. The summed E-state index contributed by atoms with van der Waals surface area (Å²) in [6.07, 6.45) is 3.82. The summed E-state index contributed by atoms with van der Waals surface area (Å²) in [4.78, 5) is 11.2. The van der Waals surface area contributed by atoms with Crippen molar-refractivity contribution in [1.82, 2.24) is 14.9 Å². The number of hydrogen-bond donors (Lipinski definition) is 1. The molecule has 0 saturated carbocycles. The van der Waals surface area contributed by atoms with Crippen LogP contribution in [0.4, 0.5) is 10.3 Å². The maximum atomic E-state index is 13.8. The molecule has 2 heterocycles. The van der Waals surface area contributed by atoms with Crippen LogP contribution >= 0.6 is 0 Å². The Bertz CT molecular complexity index is 977. The largest absolute Gasteiger partial charge is 0.497 e. The molecule has 150 valence electrons. The van der Waals surface area contributed by atoms with Gasteiger partial charge in [0, 0.05) is 30.8 Å². The van der Waals surface area contributed by atoms with E-state index in [4.69, 9.17) is 10.5 Å². The van der Waals surface area contributed by atoms with Crippen molar-refractivity contribution in [2.75, 3.05) is 25.9 Å². The van der Waals surface area contributed by atoms with E-state index >= 15 is 0 Å². The second-order valence-corrected chi connectivity index (χ2v) is 7.46. The molecule has 0 aliphatic carbocycles. The summed E-state index contributed by atoms with van der Waals surface area (Å²) < 4.78 is 19.0. The van der Waals surface area contributed by atoms with Crippen molar-refractivity contribution in [3.05, 3.63) is 71.8 Å². The van der Waals surface area contributed by atoms with Crippen molar-refractivity contribution in [3.8, 4) is 16.9 Å². The first kappa shape index (κ1) is 19.3. The third-order valence-electron chi connectivity index (χ3n) is 5.43. The highest BCUT2D eigenvalue weighted by atomic mass is 19.1. The van der Waals surface area contributed by atoms with Gasteiger partial charge in [0.1, 0.15) is 11.6 Å². The van der Waals surface area contributed by atoms with Crippen LogP contribution in [0.15, 0.2) is 54.7 Å². The Morgan fingerprint density at radius 1 is 1.21 bits per heavy atom. The van der Waals surface area contributed by atoms with Crippen molar-refractivity contribution in [1.29, 1.82) is 0 Å². The minimum Gasteiger partial charge on any atom is -0.497 e. The molecule has 1 atom stereocenters. The zero-order valence-corrected chi connectivity index (χ0v) is 16.5. The van der Waals surface area contributed by atoms with E-state index in [1.807, 2.05) is 18.2 Å². The number of piperidine rings is 1. The Balaban J connectivity index is 1.57. The molecule has 3 aromatic rings. The zero-order valence-electron chi connectivity index (χ0n) is 16.5. The van der Waals surface area contributed by atoms with Crippen LogP contribution in [0.3, 0.4) is 0 Å². The van der Waals surface area contributed by atoms with Gasteiger partial charge in [-0.1, -0.05) is 24.3 Å². The topological polar surface area (TPSA) is 64.3 Å². The van der Waals surface area contributed by atoms with E-state index in [1.54, 1.807) is 19.4 Å². The molecule has 0 bridgehead atoms. The van der Waals surface area contributed by atoms with E-state index in [0.717, 1.165) is 55.0 Å². The first-order chi connectivity index (χ1) is 14.1. The fourth-order valence-corrected chi connectivity index (χ4v) is 4.01. The van der Waals surface area contributed by atoms with E-state index < -0.39 is 0 Å². The smallest absolute Gasteiger partial charge is 0.220 e. The van der Waals surface area contributed by atoms with Gasteiger partial charge < -0.3 is 10.5 Å². The van der Waals surface area contributed by atoms with Crippen LogP contribution < -0.4 is 10.5 Å². The molecule has 0 unspecified atom stereocenters. The summed E-state index contributed by atoms with van der Waals surface area (Å²) in [5, 5.41) is 0. The predicted molar refractivity (Wildman–Crippen MR) is 112 cm³/mol. The van der Waals surface area contributed by atoms with Crippen LogP contribution in [0.2, 0.25) is 0 Å². The van der Waals surface area contributed by atoms with Gasteiger partial charge in [-0.2, -0.15) is 0 Å². The number of benzene rings is 2. The van der Waals surface area contributed by atoms with Crippen molar-refractivity contribution in [2.45, 2.75) is 25.3 Å². The lowest BCUT2D eigenvalue weighted by molar-refractivity contribution is 0.198. The highest BCUT2D eigenvalue weighted by Gasteiger charge is 2.25. The van der Waals surface area contributed by atoms with Gasteiger partial charge in [0.2, 0.25) is 5.95 Å². The maximum absolute atomic E-state index is 13.8. The number of aromatic nitrogens is 2. The fourth-order valence-electron chi connectivity index (χ4n) is 4.01. The van der Waals surface area contributed by atoms with Crippen molar-refractivity contribution >= 4 is 5.95 Å². The first-order valence-corrected chi connectivity index (χ1v) is 9.86. The molecule has 1 fully saturated rings. The van der Waals surface area contributed by atoms with Gasteiger partial charge in [0.25, 0.3) is 0 Å². The lowest BCUT2D eigenvalue weighted by Gasteiger charge is -2.33. The average molecular weight is 392 g/mol. The number of nitrogen functional groups attached to an aromatic ring is 1. The second-order valence-electron chi connectivity index (χ2n) is 7.46. The molecule has 1 aliphatic heterocycles. The highest BCUT2D eigenvalue weighted by Crippen LogP contribution is 2.34. The molecule has 0 amide bonds. The molecule has 1 saturated heterocycles. The van der Waals surface area contributed by atoms with Gasteiger partial charge in [0.05, 0.1) is 12.8 Å². The molecule has 1 aliphatic rings. The van der Waals surface area contributed by atoms with Crippen LogP contribution in [-0.4, -0.2) is 35.1 Å². The molecule has 0 spiro atoms. The number of anilines is 1. The van der Waals surface area contributed by atoms with Crippen molar-refractivity contribution in [3.63, 3.8) is 0 Å². The maximum Gasteiger partial charge on any atom is 0.220 e. The van der Waals surface area contributed by atoms with E-state index in [9.17, 15) is 4.39 Å². The predicted octanol–water partition coefficient (Wildman–Crippen LogP) is 4.25. The zero-order chi connectivity index (χ0) is 20.2. The first-order valence-electron chi connectivity index (χ1n) is 9.86. The number of ether oxygens (including phenoxy) is 1. The molecule has 29 heavy (non-hydrogen) atoms. The van der Waals surface area contributed by atoms with E-state index in [1.165, 1.54) is 17.7 Å². The van der Waals surface area contributed by atoms with Gasteiger partial charge in [0.15, 0.2) is 0 Å². The number of rotatable bonds is 5. The van der Waals surface area contributed by atoms with Gasteiger partial charge in [-0.05, 0) is 54.8 Å². The van der Waals surface area contributed by atoms with E-state index in [2.05, 4.69) is 27.0 Å². The number of nitrogens with zero attached hydrogens (tertiary/aromatic N) is 3.